The molecule has 138 valence electrons. The fourth-order valence-corrected chi connectivity index (χ4v) is 2.60. The Morgan fingerprint density at radius 2 is 1.77 bits per heavy atom. The molecular weight excluding hydrogens is 403 g/mol. The third-order valence-electron chi connectivity index (χ3n) is 3.86. The van der Waals surface area contributed by atoms with E-state index < -0.39 is 6.04 Å². The van der Waals surface area contributed by atoms with Crippen LogP contribution in [-0.4, -0.2) is 36.4 Å². The van der Waals surface area contributed by atoms with Gasteiger partial charge in [-0.25, -0.2) is 4.39 Å². The first-order valence-electron chi connectivity index (χ1n) is 8.04. The van der Waals surface area contributed by atoms with Gasteiger partial charge >= 0.3 is 0 Å². The summed E-state index contributed by atoms with van der Waals surface area (Å²) < 4.78 is 19.5. The van der Waals surface area contributed by atoms with Crippen molar-refractivity contribution < 1.29 is 18.7 Å². The first-order valence-corrected chi connectivity index (χ1v) is 8.84. The van der Waals surface area contributed by atoms with E-state index in [0.717, 1.165) is 10.0 Å². The standard InChI is InChI=1S/C19H20BrFN2O3/c1-13(19(25)22-2)23(11-14-3-7-16(21)8-4-14)18(24)12-26-17-9-5-15(20)6-10-17/h3-10,13H,11-12H2,1-2H3,(H,22,25)/t13-/m0/s1. The number of ether oxygens (including phenoxy) is 1. The number of carbonyl (C=O) groups is 2. The maximum absolute atomic E-state index is 13.1. The van der Waals surface area contributed by atoms with Crippen molar-refractivity contribution in [3.05, 3.63) is 64.4 Å². The normalized spacial score (nSPS) is 11.5. The highest BCUT2D eigenvalue weighted by Gasteiger charge is 2.25. The number of nitrogens with one attached hydrogen (secondary N) is 1. The largest absolute Gasteiger partial charge is 0.484 e. The first kappa shape index (κ1) is 19.9. The van der Waals surface area contributed by atoms with E-state index in [1.165, 1.54) is 24.1 Å². The molecule has 0 aromatic heterocycles. The van der Waals surface area contributed by atoms with Crippen LogP contribution in [0.1, 0.15) is 12.5 Å². The van der Waals surface area contributed by atoms with Crippen molar-refractivity contribution in [3.8, 4) is 5.75 Å². The van der Waals surface area contributed by atoms with E-state index in [4.69, 9.17) is 4.74 Å². The van der Waals surface area contributed by atoms with E-state index in [1.807, 2.05) is 12.1 Å². The number of hydrogen-bond acceptors (Lipinski definition) is 3. The van der Waals surface area contributed by atoms with E-state index in [9.17, 15) is 14.0 Å². The Morgan fingerprint density at radius 1 is 1.15 bits per heavy atom. The molecular formula is C19H20BrFN2O3. The Bertz CT molecular complexity index is 750. The maximum atomic E-state index is 13.1. The quantitative estimate of drug-likeness (QED) is 0.745. The van der Waals surface area contributed by atoms with Crippen molar-refractivity contribution in [1.29, 1.82) is 0 Å². The van der Waals surface area contributed by atoms with Crippen LogP contribution in [0.25, 0.3) is 0 Å². The lowest BCUT2D eigenvalue weighted by Crippen LogP contribution is -2.48. The fourth-order valence-electron chi connectivity index (χ4n) is 2.34. The highest BCUT2D eigenvalue weighted by atomic mass is 79.9. The number of hydrogen-bond donors (Lipinski definition) is 1. The summed E-state index contributed by atoms with van der Waals surface area (Å²) in [7, 11) is 1.51. The molecule has 0 radical (unpaired) electrons. The second kappa shape index (κ2) is 9.33. The van der Waals surface area contributed by atoms with Gasteiger partial charge in [0.1, 0.15) is 17.6 Å². The minimum absolute atomic E-state index is 0.178. The van der Waals surface area contributed by atoms with Crippen LogP contribution in [0.5, 0.6) is 5.75 Å². The summed E-state index contributed by atoms with van der Waals surface area (Å²) in [5.41, 5.74) is 0.721. The minimum Gasteiger partial charge on any atom is -0.484 e. The van der Waals surface area contributed by atoms with Crippen molar-refractivity contribution in [2.75, 3.05) is 13.7 Å². The van der Waals surface area contributed by atoms with Crippen LogP contribution in [0, 0.1) is 5.82 Å². The number of amides is 2. The highest BCUT2D eigenvalue weighted by molar-refractivity contribution is 9.10. The molecule has 0 saturated carbocycles. The molecule has 7 heteroatoms. The van der Waals surface area contributed by atoms with Crippen molar-refractivity contribution in [1.82, 2.24) is 10.2 Å². The summed E-state index contributed by atoms with van der Waals surface area (Å²) in [4.78, 5) is 26.1. The van der Waals surface area contributed by atoms with Gasteiger partial charge in [0, 0.05) is 18.1 Å². The molecule has 0 aliphatic heterocycles. The van der Waals surface area contributed by atoms with Gasteiger partial charge < -0.3 is 15.0 Å². The van der Waals surface area contributed by atoms with Crippen LogP contribution in [0.4, 0.5) is 4.39 Å². The highest BCUT2D eigenvalue weighted by Crippen LogP contribution is 2.17. The lowest BCUT2D eigenvalue weighted by molar-refractivity contribution is -0.142. The second-order valence-corrected chi connectivity index (χ2v) is 6.60. The first-order chi connectivity index (χ1) is 12.4. The van der Waals surface area contributed by atoms with Crippen molar-refractivity contribution in [3.63, 3.8) is 0 Å². The summed E-state index contributed by atoms with van der Waals surface area (Å²) in [5.74, 6) is -0.433. The van der Waals surface area contributed by atoms with Gasteiger partial charge in [-0.15, -0.1) is 0 Å². The maximum Gasteiger partial charge on any atom is 0.261 e. The number of likely N-dealkylation sites (N-methyl/N-ethyl adjacent to an activating group) is 1. The molecule has 2 aromatic rings. The van der Waals surface area contributed by atoms with Crippen molar-refractivity contribution in [2.45, 2.75) is 19.5 Å². The van der Waals surface area contributed by atoms with Gasteiger partial charge in [0.25, 0.3) is 5.91 Å². The molecule has 0 aliphatic carbocycles. The topological polar surface area (TPSA) is 58.6 Å². The van der Waals surface area contributed by atoms with Crippen LogP contribution in [0.3, 0.4) is 0 Å². The summed E-state index contributed by atoms with van der Waals surface area (Å²) in [6.45, 7) is 1.61. The summed E-state index contributed by atoms with van der Waals surface area (Å²) in [6.07, 6.45) is 0. The van der Waals surface area contributed by atoms with Gasteiger partial charge in [0.15, 0.2) is 6.61 Å². The summed E-state index contributed by atoms with van der Waals surface area (Å²) in [6, 6.07) is 12.2. The van der Waals surface area contributed by atoms with Crippen LogP contribution in [-0.2, 0) is 16.1 Å². The molecule has 0 fully saturated rings. The smallest absolute Gasteiger partial charge is 0.261 e. The third kappa shape index (κ3) is 5.56. The number of nitrogens with zero attached hydrogens (tertiary/aromatic N) is 1. The van der Waals surface area contributed by atoms with Crippen LogP contribution >= 0.6 is 15.9 Å². The van der Waals surface area contributed by atoms with E-state index in [0.29, 0.717) is 5.75 Å². The minimum atomic E-state index is -0.689. The van der Waals surface area contributed by atoms with Crippen LogP contribution in [0.15, 0.2) is 53.0 Å². The molecule has 1 N–H and O–H groups in total. The molecule has 0 heterocycles. The third-order valence-corrected chi connectivity index (χ3v) is 4.38. The predicted molar refractivity (Wildman–Crippen MR) is 100 cm³/mol. The molecule has 0 aliphatic rings. The number of rotatable bonds is 7. The molecule has 1 atom stereocenters. The van der Waals surface area contributed by atoms with Crippen LogP contribution in [0.2, 0.25) is 0 Å². The van der Waals surface area contributed by atoms with Crippen LogP contribution < -0.4 is 10.1 Å². The number of benzene rings is 2. The van der Waals surface area contributed by atoms with Gasteiger partial charge in [0.05, 0.1) is 0 Å². The van der Waals surface area contributed by atoms with E-state index in [2.05, 4.69) is 21.2 Å². The Balaban J connectivity index is 2.10. The molecule has 0 bridgehead atoms. The van der Waals surface area contributed by atoms with Gasteiger partial charge in [-0.1, -0.05) is 28.1 Å². The zero-order chi connectivity index (χ0) is 19.1. The number of carbonyl (C=O) groups excluding carboxylic acids is 2. The molecule has 2 aromatic carbocycles. The number of halogens is 2. The Morgan fingerprint density at radius 3 is 2.35 bits per heavy atom. The molecule has 0 spiro atoms. The van der Waals surface area contributed by atoms with Gasteiger partial charge in [-0.05, 0) is 48.9 Å². The van der Waals surface area contributed by atoms with Gasteiger partial charge in [0.2, 0.25) is 5.91 Å². The zero-order valence-electron chi connectivity index (χ0n) is 14.5. The zero-order valence-corrected chi connectivity index (χ0v) is 16.1. The molecule has 26 heavy (non-hydrogen) atoms. The van der Waals surface area contributed by atoms with Gasteiger partial charge in [-0.2, -0.15) is 0 Å². The van der Waals surface area contributed by atoms with Gasteiger partial charge in [-0.3, -0.25) is 9.59 Å². The lowest BCUT2D eigenvalue weighted by Gasteiger charge is -2.28. The monoisotopic (exact) mass is 422 g/mol. The molecule has 5 nitrogen and oxygen atoms in total. The van der Waals surface area contributed by atoms with E-state index in [-0.39, 0.29) is 30.8 Å². The molecule has 0 unspecified atom stereocenters. The predicted octanol–water partition coefficient (Wildman–Crippen LogP) is 3.13. The second-order valence-electron chi connectivity index (χ2n) is 5.68. The average molecular weight is 423 g/mol. The Kier molecular flexibility index (Phi) is 7.15. The average Bonchev–Trinajstić information content (AvgIpc) is 2.65. The summed E-state index contributed by atoms with van der Waals surface area (Å²) in [5, 5.41) is 2.54. The van der Waals surface area contributed by atoms with E-state index in [1.54, 1.807) is 31.2 Å². The SMILES string of the molecule is CNC(=O)[C@H](C)N(Cc1ccc(F)cc1)C(=O)COc1ccc(Br)cc1. The van der Waals surface area contributed by atoms with E-state index >= 15 is 0 Å². The lowest BCUT2D eigenvalue weighted by atomic mass is 10.1. The van der Waals surface area contributed by atoms with Crippen molar-refractivity contribution in [2.24, 2.45) is 0 Å². The molecule has 2 amide bonds. The molecule has 2 rings (SSSR count). The summed E-state index contributed by atoms with van der Waals surface area (Å²) >= 11 is 3.33. The molecule has 0 saturated heterocycles. The van der Waals surface area contributed by atoms with Crippen molar-refractivity contribution >= 4 is 27.7 Å². The Labute approximate surface area is 160 Å². The Hall–Kier alpha value is -2.41. The fraction of sp³-hybridized carbons (Fsp3) is 0.263.